The molecule has 2 heterocycles. The van der Waals surface area contributed by atoms with Gasteiger partial charge >= 0.3 is 0 Å². The zero-order valence-corrected chi connectivity index (χ0v) is 16.7. The first kappa shape index (κ1) is 19.4. The molecule has 0 spiro atoms. The van der Waals surface area contributed by atoms with E-state index in [9.17, 15) is 20.5 Å². The summed E-state index contributed by atoms with van der Waals surface area (Å²) in [4.78, 5) is 10.9. The predicted octanol–water partition coefficient (Wildman–Crippen LogP) is 2.68. The molecule has 1 aliphatic carbocycles. The lowest BCUT2D eigenvalue weighted by Gasteiger charge is -2.44. The Morgan fingerprint density at radius 1 is 1.34 bits per heavy atom. The lowest BCUT2D eigenvalue weighted by molar-refractivity contribution is -0.744. The third-order valence-corrected chi connectivity index (χ3v) is 6.23. The van der Waals surface area contributed by atoms with Crippen molar-refractivity contribution >= 4 is 22.9 Å². The van der Waals surface area contributed by atoms with Gasteiger partial charge in [0.05, 0.1) is 21.9 Å². The average molecular weight is 409 g/mol. The van der Waals surface area contributed by atoms with Crippen LogP contribution in [0.2, 0.25) is 0 Å². The van der Waals surface area contributed by atoms with E-state index in [2.05, 4.69) is 11.4 Å². The lowest BCUT2D eigenvalue weighted by Crippen LogP contribution is -2.69. The van der Waals surface area contributed by atoms with Crippen molar-refractivity contribution < 1.29 is 14.6 Å². The smallest absolute Gasteiger partial charge is 0.269 e. The molecule has 148 valence electrons. The summed E-state index contributed by atoms with van der Waals surface area (Å²) in [6, 6.07) is 11.9. The molecule has 8 heteroatoms. The van der Waals surface area contributed by atoms with Crippen LogP contribution in [-0.2, 0) is 0 Å². The van der Waals surface area contributed by atoms with Crippen molar-refractivity contribution in [2.45, 2.75) is 37.5 Å². The number of rotatable bonds is 4. The minimum Gasteiger partial charge on any atom is -0.365 e. The Labute approximate surface area is 173 Å². The molecule has 1 aliphatic heterocycles. The Hall–Kier alpha value is -2.89. The Kier molecular flexibility index (Phi) is 4.81. The highest BCUT2D eigenvalue weighted by molar-refractivity contribution is 7.80. The fourth-order valence-electron chi connectivity index (χ4n) is 4.37. The first-order valence-electron chi connectivity index (χ1n) is 9.51. The normalized spacial score (nSPS) is 29.0. The largest absolute Gasteiger partial charge is 0.365 e. The second kappa shape index (κ2) is 7.17. The van der Waals surface area contributed by atoms with Gasteiger partial charge in [-0.15, -0.1) is 0 Å². The monoisotopic (exact) mass is 409 g/mol. The van der Waals surface area contributed by atoms with Crippen molar-refractivity contribution in [2.24, 2.45) is 11.8 Å². The number of nitrogens with one attached hydrogen (secondary N) is 1. The van der Waals surface area contributed by atoms with E-state index in [1.807, 2.05) is 36.0 Å². The third-order valence-electron chi connectivity index (χ3n) is 5.87. The highest BCUT2D eigenvalue weighted by atomic mass is 32.1. The fraction of sp³-hybridized carbons (Fsp3) is 0.381. The van der Waals surface area contributed by atoms with E-state index in [-0.39, 0.29) is 11.6 Å². The van der Waals surface area contributed by atoms with Crippen LogP contribution in [0.4, 0.5) is 5.69 Å². The molecule has 2 N–H and O–H groups in total. The maximum Gasteiger partial charge on any atom is 0.269 e. The Morgan fingerprint density at radius 2 is 2.03 bits per heavy atom. The molecule has 1 saturated heterocycles. The zero-order valence-electron chi connectivity index (χ0n) is 15.9. The minimum atomic E-state index is -1.30. The molecule has 2 aliphatic rings. The van der Waals surface area contributed by atoms with Gasteiger partial charge in [0.25, 0.3) is 5.69 Å². The highest BCUT2D eigenvalue weighted by Gasteiger charge is 2.62. The van der Waals surface area contributed by atoms with Crippen molar-refractivity contribution in [3.63, 3.8) is 0 Å². The summed E-state index contributed by atoms with van der Waals surface area (Å²) in [6.45, 7) is 1.97. The maximum atomic E-state index is 11.7. The molecule has 1 saturated carbocycles. The highest BCUT2D eigenvalue weighted by Crippen LogP contribution is 2.51. The topological polar surface area (TPSA) is 103 Å². The number of hydrogen-bond donors (Lipinski definition) is 2. The number of pyridine rings is 1. The number of aliphatic hydroxyl groups is 1. The number of nitrogens with zero attached hydrogens (tertiary/aromatic N) is 3. The number of piperidine rings is 1. The molecule has 2 fully saturated rings. The summed E-state index contributed by atoms with van der Waals surface area (Å²) in [5.41, 5.74) is 0.449. The van der Waals surface area contributed by atoms with E-state index < -0.39 is 28.5 Å². The van der Waals surface area contributed by atoms with E-state index in [0.717, 1.165) is 24.0 Å². The molecule has 2 aromatic rings. The number of hydrogen-bond acceptors (Lipinski definition) is 5. The van der Waals surface area contributed by atoms with E-state index in [4.69, 9.17) is 12.2 Å². The van der Waals surface area contributed by atoms with E-state index in [0.29, 0.717) is 4.99 Å². The third kappa shape index (κ3) is 3.37. The van der Waals surface area contributed by atoms with Crippen LogP contribution in [0.5, 0.6) is 0 Å². The number of benzene rings is 1. The van der Waals surface area contributed by atoms with Gasteiger partial charge in [-0.05, 0) is 31.4 Å². The molecule has 1 aromatic carbocycles. The van der Waals surface area contributed by atoms with Gasteiger partial charge in [0, 0.05) is 29.7 Å². The number of nitriles is 1. The molecule has 0 unspecified atom stereocenters. The summed E-state index contributed by atoms with van der Waals surface area (Å²) in [7, 11) is 0. The van der Waals surface area contributed by atoms with Crippen LogP contribution in [0.1, 0.15) is 35.9 Å². The molecule has 7 nitrogen and oxygen atoms in total. The van der Waals surface area contributed by atoms with Crippen molar-refractivity contribution in [3.8, 4) is 6.07 Å². The minimum absolute atomic E-state index is 0.0176. The Balaban J connectivity index is 1.89. The first-order valence-corrected chi connectivity index (χ1v) is 9.91. The van der Waals surface area contributed by atoms with E-state index >= 15 is 0 Å². The maximum absolute atomic E-state index is 11.7. The van der Waals surface area contributed by atoms with Gasteiger partial charge in [-0.3, -0.25) is 10.1 Å². The summed E-state index contributed by atoms with van der Waals surface area (Å²) in [6.07, 6.45) is 5.58. The van der Waals surface area contributed by atoms with Crippen molar-refractivity contribution in [1.82, 2.24) is 5.32 Å². The van der Waals surface area contributed by atoms with Crippen LogP contribution >= 0.6 is 12.2 Å². The Bertz CT molecular complexity index is 1020. The summed E-state index contributed by atoms with van der Waals surface area (Å²) in [5, 5.41) is 35.8. The molecular weight excluding hydrogens is 388 g/mol. The van der Waals surface area contributed by atoms with Crippen LogP contribution in [0, 0.1) is 40.2 Å². The number of aryl methyl sites for hydroxylation is 1. The number of nitro groups is 1. The van der Waals surface area contributed by atoms with Crippen LogP contribution in [-0.4, -0.2) is 20.7 Å². The van der Waals surface area contributed by atoms with Crippen LogP contribution < -0.4 is 9.88 Å². The molecule has 1 aromatic heterocycles. The van der Waals surface area contributed by atoms with Gasteiger partial charge in [-0.1, -0.05) is 24.4 Å². The molecule has 0 bridgehead atoms. The molecule has 4 rings (SSSR count). The quantitative estimate of drug-likeness (QED) is 0.348. The van der Waals surface area contributed by atoms with Crippen LogP contribution in [0.25, 0.3) is 0 Å². The van der Waals surface area contributed by atoms with Gasteiger partial charge < -0.3 is 10.4 Å². The molecule has 29 heavy (non-hydrogen) atoms. The van der Waals surface area contributed by atoms with Crippen molar-refractivity contribution in [2.75, 3.05) is 0 Å². The van der Waals surface area contributed by atoms with Gasteiger partial charge in [0.1, 0.15) is 5.92 Å². The van der Waals surface area contributed by atoms with Gasteiger partial charge in [0.2, 0.25) is 11.8 Å². The fourth-order valence-corrected chi connectivity index (χ4v) is 4.73. The molecule has 0 radical (unpaired) electrons. The summed E-state index contributed by atoms with van der Waals surface area (Å²) in [5.74, 6) is -1.09. The van der Waals surface area contributed by atoms with Gasteiger partial charge in [-0.25, -0.2) is 0 Å². The van der Waals surface area contributed by atoms with E-state index in [1.165, 1.54) is 12.1 Å². The summed E-state index contributed by atoms with van der Waals surface area (Å²) >= 11 is 5.48. The second-order valence-corrected chi connectivity index (χ2v) is 8.28. The van der Waals surface area contributed by atoms with Crippen LogP contribution in [0.15, 0.2) is 48.8 Å². The van der Waals surface area contributed by atoms with Gasteiger partial charge in [0.15, 0.2) is 12.4 Å². The molecule has 4 atom stereocenters. The molecule has 0 amide bonds. The second-order valence-electron chi connectivity index (χ2n) is 7.84. The Morgan fingerprint density at radius 3 is 2.59 bits per heavy atom. The number of thiocarbonyl (C=S) groups is 1. The zero-order chi connectivity index (χ0) is 20.8. The van der Waals surface area contributed by atoms with Gasteiger partial charge in [-0.2, -0.15) is 9.83 Å². The molecular formula is C21H21N4O3S+. The standard InChI is InChI=1S/C21H20N4O3S/c1-13-3-2-10-24(12-13)19-18(14-4-8-16(9-5-14)25(27)28)17(11-22)20(29)23-21(19,26)15-6-7-15/h2-5,8-10,12,15,17-19,26H,6-7H2,1H3/p+1/t17-,18+,19+,21+/m1/s1. The average Bonchev–Trinajstić information content (AvgIpc) is 3.53. The van der Waals surface area contributed by atoms with Crippen molar-refractivity contribution in [1.29, 1.82) is 5.26 Å². The number of aromatic nitrogens is 1. The number of nitro benzene ring substituents is 1. The number of non-ortho nitro benzene ring substituents is 1. The predicted molar refractivity (Wildman–Crippen MR) is 109 cm³/mol. The van der Waals surface area contributed by atoms with E-state index in [1.54, 1.807) is 12.1 Å². The van der Waals surface area contributed by atoms with Crippen molar-refractivity contribution in [3.05, 3.63) is 70.0 Å². The summed E-state index contributed by atoms with van der Waals surface area (Å²) < 4.78 is 1.94. The SMILES string of the molecule is Cc1ccc[n+]([C@H]2[C@@H](c3ccc([N+](=O)[O-])cc3)[C@@H](C#N)C(=S)N[C@]2(O)C2CC2)c1. The first-order chi connectivity index (χ1) is 13.8. The lowest BCUT2D eigenvalue weighted by atomic mass is 9.72. The van der Waals surface area contributed by atoms with Crippen LogP contribution in [0.3, 0.4) is 0 Å².